The van der Waals surface area contributed by atoms with Crippen LogP contribution in [0.5, 0.6) is 5.88 Å². The number of aromatic amines is 1. The molecule has 2 aliphatic rings. The molecule has 5 rings (SSSR count). The maximum Gasteiger partial charge on any atom is 0.257 e. The molecule has 0 bridgehead atoms. The minimum absolute atomic E-state index is 0.0575. The zero-order valence-electron chi connectivity index (χ0n) is 18.3. The Morgan fingerprint density at radius 2 is 2.03 bits per heavy atom. The zero-order chi connectivity index (χ0) is 22.5. The van der Waals surface area contributed by atoms with Gasteiger partial charge in [-0.15, -0.1) is 0 Å². The van der Waals surface area contributed by atoms with Crippen LogP contribution in [-0.4, -0.2) is 52.5 Å². The highest BCUT2D eigenvalue weighted by Gasteiger charge is 2.21. The predicted octanol–water partition coefficient (Wildman–Crippen LogP) is 2.56. The topological polar surface area (TPSA) is 105 Å². The third-order valence-corrected chi connectivity index (χ3v) is 5.74. The van der Waals surface area contributed by atoms with E-state index in [9.17, 15) is 9.59 Å². The number of nitrogens with one attached hydrogen (secondary N) is 1. The van der Waals surface area contributed by atoms with Crippen molar-refractivity contribution in [3.63, 3.8) is 0 Å². The SMILES string of the molecule is COc1ncc(N2CCc3nc[nH]c(=O)c3C2)cc1C.O=C(c1ccoc1)N1CCCC1. The van der Waals surface area contributed by atoms with Gasteiger partial charge in [0.25, 0.3) is 11.5 Å². The Morgan fingerprint density at radius 1 is 1.22 bits per heavy atom. The van der Waals surface area contributed by atoms with E-state index in [1.54, 1.807) is 19.4 Å². The molecular formula is C23H27N5O4. The molecule has 168 valence electrons. The Balaban J connectivity index is 0.000000174. The van der Waals surface area contributed by atoms with Gasteiger partial charge in [0, 0.05) is 31.6 Å². The van der Waals surface area contributed by atoms with E-state index in [0.717, 1.165) is 61.4 Å². The number of hydrogen-bond acceptors (Lipinski definition) is 7. The van der Waals surface area contributed by atoms with E-state index in [1.807, 2.05) is 17.9 Å². The molecule has 0 aromatic carbocycles. The van der Waals surface area contributed by atoms with Crippen molar-refractivity contribution in [3.05, 3.63) is 69.9 Å². The molecule has 5 heterocycles. The number of H-pyrrole nitrogens is 1. The number of likely N-dealkylation sites (tertiary alicyclic amines) is 1. The van der Waals surface area contributed by atoms with Crippen molar-refractivity contribution in [2.24, 2.45) is 0 Å². The summed E-state index contributed by atoms with van der Waals surface area (Å²) in [6.45, 7) is 5.14. The first-order chi connectivity index (χ1) is 15.6. The Labute approximate surface area is 186 Å². The van der Waals surface area contributed by atoms with Crippen LogP contribution in [0, 0.1) is 6.92 Å². The number of methoxy groups -OCH3 is 1. The number of amides is 1. The number of pyridine rings is 1. The van der Waals surface area contributed by atoms with Crippen LogP contribution in [0.15, 0.2) is 46.4 Å². The summed E-state index contributed by atoms with van der Waals surface area (Å²) in [6, 6.07) is 3.74. The lowest BCUT2D eigenvalue weighted by Crippen LogP contribution is -2.35. The van der Waals surface area contributed by atoms with Gasteiger partial charge in [-0.25, -0.2) is 9.97 Å². The summed E-state index contributed by atoms with van der Waals surface area (Å²) in [5.41, 5.74) is 4.22. The molecule has 0 saturated carbocycles. The van der Waals surface area contributed by atoms with Crippen molar-refractivity contribution in [2.75, 3.05) is 31.6 Å². The van der Waals surface area contributed by atoms with Crippen LogP contribution in [0.4, 0.5) is 5.69 Å². The fraction of sp³-hybridized carbons (Fsp3) is 0.391. The lowest BCUT2D eigenvalue weighted by molar-refractivity contribution is 0.0792. The van der Waals surface area contributed by atoms with E-state index < -0.39 is 0 Å². The first kappa shape index (κ1) is 21.6. The summed E-state index contributed by atoms with van der Waals surface area (Å²) >= 11 is 0. The zero-order valence-corrected chi connectivity index (χ0v) is 18.3. The van der Waals surface area contributed by atoms with Crippen molar-refractivity contribution in [2.45, 2.75) is 32.7 Å². The number of rotatable bonds is 3. The molecule has 0 aliphatic carbocycles. The van der Waals surface area contributed by atoms with Gasteiger partial charge >= 0.3 is 0 Å². The fourth-order valence-electron chi connectivity index (χ4n) is 4.00. The quantitative estimate of drug-likeness (QED) is 0.671. The van der Waals surface area contributed by atoms with Crippen LogP contribution >= 0.6 is 0 Å². The summed E-state index contributed by atoms with van der Waals surface area (Å²) in [4.78, 5) is 38.6. The number of ether oxygens (including phenoxy) is 1. The minimum Gasteiger partial charge on any atom is -0.481 e. The number of carbonyl (C=O) groups excluding carboxylic acids is 1. The third-order valence-electron chi connectivity index (χ3n) is 5.74. The Hall–Kier alpha value is -3.62. The molecule has 2 aliphatic heterocycles. The largest absolute Gasteiger partial charge is 0.481 e. The van der Waals surface area contributed by atoms with Crippen LogP contribution in [0.2, 0.25) is 0 Å². The average Bonchev–Trinajstić information content (AvgIpc) is 3.54. The number of aromatic nitrogens is 3. The smallest absolute Gasteiger partial charge is 0.257 e. The molecule has 1 amide bonds. The van der Waals surface area contributed by atoms with Gasteiger partial charge in [-0.1, -0.05) is 0 Å². The van der Waals surface area contributed by atoms with E-state index in [2.05, 4.69) is 19.9 Å². The lowest BCUT2D eigenvalue weighted by atomic mass is 10.1. The lowest BCUT2D eigenvalue weighted by Gasteiger charge is -2.29. The minimum atomic E-state index is -0.0575. The first-order valence-corrected chi connectivity index (χ1v) is 10.7. The normalized spacial score (nSPS) is 15.1. The molecule has 32 heavy (non-hydrogen) atoms. The number of furan rings is 1. The molecular weight excluding hydrogens is 410 g/mol. The van der Waals surface area contributed by atoms with Crippen LogP contribution in [0.3, 0.4) is 0 Å². The Morgan fingerprint density at radius 3 is 2.72 bits per heavy atom. The number of aryl methyl sites for hydroxylation is 1. The van der Waals surface area contributed by atoms with E-state index in [1.165, 1.54) is 18.9 Å². The van der Waals surface area contributed by atoms with Crippen LogP contribution < -0.4 is 15.2 Å². The maximum absolute atomic E-state index is 11.9. The van der Waals surface area contributed by atoms with Crippen molar-refractivity contribution >= 4 is 11.6 Å². The van der Waals surface area contributed by atoms with Crippen LogP contribution in [0.25, 0.3) is 0 Å². The molecule has 0 unspecified atom stereocenters. The third kappa shape index (κ3) is 4.66. The van der Waals surface area contributed by atoms with Crippen molar-refractivity contribution in [1.82, 2.24) is 19.9 Å². The van der Waals surface area contributed by atoms with Crippen molar-refractivity contribution in [1.29, 1.82) is 0 Å². The van der Waals surface area contributed by atoms with Crippen LogP contribution in [-0.2, 0) is 13.0 Å². The summed E-state index contributed by atoms with van der Waals surface area (Å²) in [7, 11) is 1.61. The number of anilines is 1. The standard InChI is InChI=1S/C14H16N4O2.C9H11NO2/c1-9-5-10(6-15-14(9)20-2)18-4-3-12-11(7-18)13(19)17-8-16-12;11-9(8-3-6-12-7-8)10-4-1-2-5-10/h5-6,8H,3-4,7H2,1-2H3,(H,16,17,19);3,6-7H,1-2,4-5H2. The second-order valence-corrected chi connectivity index (χ2v) is 7.86. The molecule has 3 aromatic heterocycles. The Kier molecular flexibility index (Phi) is 6.53. The summed E-state index contributed by atoms with van der Waals surface area (Å²) in [6.07, 6.45) is 9.30. The number of nitrogens with zero attached hydrogens (tertiary/aromatic N) is 4. The fourth-order valence-corrected chi connectivity index (χ4v) is 4.00. The first-order valence-electron chi connectivity index (χ1n) is 10.7. The maximum atomic E-state index is 11.9. The molecule has 1 fully saturated rings. The average molecular weight is 438 g/mol. The summed E-state index contributed by atoms with van der Waals surface area (Å²) < 4.78 is 10.0. The molecule has 0 spiro atoms. The van der Waals surface area contributed by atoms with E-state index >= 15 is 0 Å². The number of carbonyl (C=O) groups is 1. The Bertz CT molecular complexity index is 1120. The van der Waals surface area contributed by atoms with Crippen molar-refractivity contribution in [3.8, 4) is 5.88 Å². The van der Waals surface area contributed by atoms with Crippen LogP contribution in [0.1, 0.15) is 40.0 Å². The second-order valence-electron chi connectivity index (χ2n) is 7.86. The van der Waals surface area contributed by atoms with E-state index in [-0.39, 0.29) is 11.5 Å². The van der Waals surface area contributed by atoms with E-state index in [4.69, 9.17) is 9.15 Å². The summed E-state index contributed by atoms with van der Waals surface area (Å²) in [5, 5.41) is 0. The molecule has 9 nitrogen and oxygen atoms in total. The molecule has 0 radical (unpaired) electrons. The number of fused-ring (bicyclic) bond motifs is 1. The highest BCUT2D eigenvalue weighted by molar-refractivity contribution is 5.93. The van der Waals surface area contributed by atoms with Gasteiger partial charge in [-0.2, -0.15) is 0 Å². The van der Waals surface area contributed by atoms with Gasteiger partial charge in [0.05, 0.1) is 55.0 Å². The highest BCUT2D eigenvalue weighted by atomic mass is 16.5. The summed E-state index contributed by atoms with van der Waals surface area (Å²) in [5.74, 6) is 0.729. The second kappa shape index (κ2) is 9.67. The van der Waals surface area contributed by atoms with Gasteiger partial charge in [0.1, 0.15) is 6.26 Å². The monoisotopic (exact) mass is 437 g/mol. The highest BCUT2D eigenvalue weighted by Crippen LogP contribution is 2.25. The molecule has 1 saturated heterocycles. The van der Waals surface area contributed by atoms with Gasteiger partial charge in [-0.05, 0) is 31.9 Å². The van der Waals surface area contributed by atoms with Gasteiger partial charge < -0.3 is 23.9 Å². The molecule has 3 aromatic rings. The van der Waals surface area contributed by atoms with E-state index in [0.29, 0.717) is 18.0 Å². The molecule has 1 N–H and O–H groups in total. The molecule has 9 heteroatoms. The number of hydrogen-bond donors (Lipinski definition) is 1. The van der Waals surface area contributed by atoms with Gasteiger partial charge in [0.2, 0.25) is 5.88 Å². The van der Waals surface area contributed by atoms with Gasteiger partial charge in [0.15, 0.2) is 0 Å². The van der Waals surface area contributed by atoms with Crippen molar-refractivity contribution < 1.29 is 13.9 Å². The predicted molar refractivity (Wildman–Crippen MR) is 119 cm³/mol. The molecule has 0 atom stereocenters. The van der Waals surface area contributed by atoms with Gasteiger partial charge in [-0.3, -0.25) is 9.59 Å².